The summed E-state index contributed by atoms with van der Waals surface area (Å²) in [5, 5.41) is 8.87. The van der Waals surface area contributed by atoms with Crippen LogP contribution in [0.2, 0.25) is 0 Å². The van der Waals surface area contributed by atoms with E-state index in [0.29, 0.717) is 30.2 Å². The second-order valence-electron chi connectivity index (χ2n) is 6.10. The van der Waals surface area contributed by atoms with Crippen LogP contribution in [-0.2, 0) is 4.74 Å². The molecule has 1 aromatic carbocycles. The van der Waals surface area contributed by atoms with Crippen molar-refractivity contribution in [2.24, 2.45) is 0 Å². The van der Waals surface area contributed by atoms with Gasteiger partial charge < -0.3 is 19.1 Å². The van der Waals surface area contributed by atoms with Gasteiger partial charge in [0.1, 0.15) is 11.7 Å². The van der Waals surface area contributed by atoms with Gasteiger partial charge in [0, 0.05) is 6.07 Å². The summed E-state index contributed by atoms with van der Waals surface area (Å²) in [6.45, 7) is 6.44. The van der Waals surface area contributed by atoms with Crippen LogP contribution in [0.25, 0.3) is 0 Å². The van der Waals surface area contributed by atoms with E-state index in [0.717, 1.165) is 0 Å². The number of methoxy groups -OCH3 is 1. The third-order valence-corrected chi connectivity index (χ3v) is 3.09. The number of likely N-dealkylation sites (tertiary alicyclic amines) is 1. The standard InChI is InChI=1S/C16H20N2O4/c1-16(2,3)22-15(19)18-9-12(10-18)21-13-6-5-11(8-17)7-14(13)20-4/h5-7,12H,9-10H2,1-4H3. The molecule has 0 N–H and O–H groups in total. The average Bonchev–Trinajstić information content (AvgIpc) is 2.40. The van der Waals surface area contributed by atoms with E-state index >= 15 is 0 Å². The van der Waals surface area contributed by atoms with Gasteiger partial charge in [-0.2, -0.15) is 5.26 Å². The van der Waals surface area contributed by atoms with E-state index in [2.05, 4.69) is 0 Å². The molecule has 1 heterocycles. The highest BCUT2D eigenvalue weighted by atomic mass is 16.6. The number of hydrogen-bond acceptors (Lipinski definition) is 5. The molecular weight excluding hydrogens is 284 g/mol. The molecule has 2 rings (SSSR count). The van der Waals surface area contributed by atoms with Crippen molar-refractivity contribution in [3.05, 3.63) is 23.8 Å². The van der Waals surface area contributed by atoms with Crippen molar-refractivity contribution in [1.29, 1.82) is 5.26 Å². The van der Waals surface area contributed by atoms with Crippen molar-refractivity contribution >= 4 is 6.09 Å². The summed E-state index contributed by atoms with van der Waals surface area (Å²) in [6.07, 6.45) is -0.437. The Balaban J connectivity index is 1.90. The normalized spacial score (nSPS) is 14.8. The van der Waals surface area contributed by atoms with Crippen LogP contribution in [0.5, 0.6) is 11.5 Å². The summed E-state index contributed by atoms with van der Waals surface area (Å²) in [5.74, 6) is 1.07. The second kappa shape index (κ2) is 6.14. The van der Waals surface area contributed by atoms with Crippen molar-refractivity contribution in [2.75, 3.05) is 20.2 Å². The molecule has 6 nitrogen and oxygen atoms in total. The lowest BCUT2D eigenvalue weighted by molar-refractivity contribution is -0.0226. The molecule has 1 aromatic rings. The highest BCUT2D eigenvalue weighted by molar-refractivity contribution is 5.69. The summed E-state index contributed by atoms with van der Waals surface area (Å²) in [7, 11) is 1.52. The molecule has 0 unspecified atom stereocenters. The molecular formula is C16H20N2O4. The minimum absolute atomic E-state index is 0.102. The van der Waals surface area contributed by atoms with Crippen LogP contribution in [0.3, 0.4) is 0 Å². The molecule has 0 bridgehead atoms. The van der Waals surface area contributed by atoms with E-state index in [1.54, 1.807) is 23.1 Å². The summed E-state index contributed by atoms with van der Waals surface area (Å²) in [4.78, 5) is 13.4. The first-order valence-electron chi connectivity index (χ1n) is 7.05. The van der Waals surface area contributed by atoms with Crippen molar-refractivity contribution < 1.29 is 19.0 Å². The maximum absolute atomic E-state index is 11.8. The van der Waals surface area contributed by atoms with Gasteiger partial charge in [0.15, 0.2) is 11.5 Å². The van der Waals surface area contributed by atoms with Crippen LogP contribution in [-0.4, -0.2) is 42.9 Å². The number of hydrogen-bond donors (Lipinski definition) is 0. The Labute approximate surface area is 130 Å². The van der Waals surface area contributed by atoms with Crippen LogP contribution < -0.4 is 9.47 Å². The quantitative estimate of drug-likeness (QED) is 0.858. The Kier molecular flexibility index (Phi) is 4.45. The smallest absolute Gasteiger partial charge is 0.410 e. The van der Waals surface area contributed by atoms with E-state index < -0.39 is 5.60 Å². The molecule has 118 valence electrons. The number of carbonyl (C=O) groups is 1. The molecule has 0 radical (unpaired) electrons. The molecule has 22 heavy (non-hydrogen) atoms. The summed E-state index contributed by atoms with van der Waals surface area (Å²) in [5.41, 5.74) is 0.00696. The van der Waals surface area contributed by atoms with Gasteiger partial charge in [0.05, 0.1) is 31.8 Å². The molecule has 1 amide bonds. The number of amides is 1. The Morgan fingerprint density at radius 1 is 1.32 bits per heavy atom. The lowest BCUT2D eigenvalue weighted by Gasteiger charge is -2.39. The SMILES string of the molecule is COc1cc(C#N)ccc1OC1CN(C(=O)OC(C)(C)C)C1. The first kappa shape index (κ1) is 16.0. The summed E-state index contributed by atoms with van der Waals surface area (Å²) in [6, 6.07) is 7.04. The molecule has 0 aliphatic carbocycles. The molecule has 1 saturated heterocycles. The van der Waals surface area contributed by atoms with Crippen LogP contribution in [0.15, 0.2) is 18.2 Å². The summed E-state index contributed by atoms with van der Waals surface area (Å²) < 4.78 is 16.3. The molecule has 1 aliphatic heterocycles. The lowest BCUT2D eigenvalue weighted by Crippen LogP contribution is -2.57. The third kappa shape index (κ3) is 3.82. The number of rotatable bonds is 3. The van der Waals surface area contributed by atoms with E-state index in [1.807, 2.05) is 26.8 Å². The zero-order chi connectivity index (χ0) is 16.3. The van der Waals surface area contributed by atoms with Crippen molar-refractivity contribution in [3.8, 4) is 17.6 Å². The van der Waals surface area contributed by atoms with Gasteiger partial charge in [0.25, 0.3) is 0 Å². The molecule has 0 saturated carbocycles. The van der Waals surface area contributed by atoms with Crippen molar-refractivity contribution in [1.82, 2.24) is 4.90 Å². The largest absolute Gasteiger partial charge is 0.493 e. The van der Waals surface area contributed by atoms with E-state index in [1.165, 1.54) is 7.11 Å². The zero-order valence-corrected chi connectivity index (χ0v) is 13.3. The van der Waals surface area contributed by atoms with Gasteiger partial charge in [-0.3, -0.25) is 0 Å². The fraction of sp³-hybridized carbons (Fsp3) is 0.500. The maximum atomic E-state index is 11.8. The average molecular weight is 304 g/mol. The molecule has 0 aromatic heterocycles. The highest BCUT2D eigenvalue weighted by Crippen LogP contribution is 2.30. The first-order chi connectivity index (χ1) is 10.3. The Morgan fingerprint density at radius 2 is 2.00 bits per heavy atom. The Hall–Kier alpha value is -2.42. The van der Waals surface area contributed by atoms with Crippen LogP contribution in [0, 0.1) is 11.3 Å². The minimum atomic E-state index is -0.501. The number of carbonyl (C=O) groups excluding carboxylic acids is 1. The summed E-state index contributed by atoms with van der Waals surface area (Å²) >= 11 is 0. The van der Waals surface area contributed by atoms with Gasteiger partial charge in [0.2, 0.25) is 0 Å². The maximum Gasteiger partial charge on any atom is 0.410 e. The van der Waals surface area contributed by atoms with Crippen molar-refractivity contribution in [3.63, 3.8) is 0 Å². The van der Waals surface area contributed by atoms with Crippen LogP contribution in [0.4, 0.5) is 4.79 Å². The Morgan fingerprint density at radius 3 is 2.55 bits per heavy atom. The molecule has 0 atom stereocenters. The lowest BCUT2D eigenvalue weighted by atomic mass is 10.1. The molecule has 1 fully saturated rings. The monoisotopic (exact) mass is 304 g/mol. The van der Waals surface area contributed by atoms with Crippen molar-refractivity contribution in [2.45, 2.75) is 32.5 Å². The van der Waals surface area contributed by atoms with E-state index in [9.17, 15) is 4.79 Å². The number of ether oxygens (including phenoxy) is 3. The van der Waals surface area contributed by atoms with Gasteiger partial charge >= 0.3 is 6.09 Å². The number of nitrogens with zero attached hydrogens (tertiary/aromatic N) is 2. The second-order valence-corrected chi connectivity index (χ2v) is 6.10. The number of nitriles is 1. The van der Waals surface area contributed by atoms with Gasteiger partial charge in [-0.05, 0) is 32.9 Å². The van der Waals surface area contributed by atoms with E-state index in [4.69, 9.17) is 19.5 Å². The van der Waals surface area contributed by atoms with Gasteiger partial charge in [-0.15, -0.1) is 0 Å². The highest BCUT2D eigenvalue weighted by Gasteiger charge is 2.35. The minimum Gasteiger partial charge on any atom is -0.493 e. The Bertz CT molecular complexity index is 595. The first-order valence-corrected chi connectivity index (χ1v) is 7.05. The van der Waals surface area contributed by atoms with Gasteiger partial charge in [-0.25, -0.2) is 4.79 Å². The topological polar surface area (TPSA) is 71.8 Å². The van der Waals surface area contributed by atoms with Crippen LogP contribution in [0.1, 0.15) is 26.3 Å². The fourth-order valence-electron chi connectivity index (χ4n) is 2.00. The van der Waals surface area contributed by atoms with E-state index in [-0.39, 0.29) is 12.2 Å². The molecule has 1 aliphatic rings. The van der Waals surface area contributed by atoms with Gasteiger partial charge in [-0.1, -0.05) is 0 Å². The van der Waals surface area contributed by atoms with Crippen LogP contribution >= 0.6 is 0 Å². The third-order valence-electron chi connectivity index (χ3n) is 3.09. The number of benzene rings is 1. The molecule has 0 spiro atoms. The predicted molar refractivity (Wildman–Crippen MR) is 79.9 cm³/mol. The fourth-order valence-corrected chi connectivity index (χ4v) is 2.00. The predicted octanol–water partition coefficient (Wildman–Crippen LogP) is 2.56. The zero-order valence-electron chi connectivity index (χ0n) is 13.3. The molecule has 6 heteroatoms.